The van der Waals surface area contributed by atoms with Gasteiger partial charge in [-0.25, -0.2) is 4.98 Å². The Hall–Kier alpha value is -2.83. The quantitative estimate of drug-likeness (QED) is 0.700. The number of pyridine rings is 1. The van der Waals surface area contributed by atoms with Crippen molar-refractivity contribution in [3.05, 3.63) is 59.3 Å². The van der Waals surface area contributed by atoms with Crippen molar-refractivity contribution in [2.45, 2.75) is 33.4 Å². The highest BCUT2D eigenvalue weighted by Gasteiger charge is 2.19. The number of imidazole rings is 1. The molecular weight excluding hydrogens is 338 g/mol. The van der Waals surface area contributed by atoms with Crippen LogP contribution in [0.3, 0.4) is 0 Å². The van der Waals surface area contributed by atoms with Crippen molar-refractivity contribution in [2.75, 3.05) is 7.05 Å². The zero-order valence-electron chi connectivity index (χ0n) is 14.9. The van der Waals surface area contributed by atoms with Crippen molar-refractivity contribution < 1.29 is 13.6 Å². The first-order chi connectivity index (χ1) is 12.4. The number of hydrogen-bond donors (Lipinski definition) is 0. The lowest BCUT2D eigenvalue weighted by molar-refractivity contribution is -0.129. The van der Waals surface area contributed by atoms with E-state index in [1.165, 1.54) is 17.3 Å². The summed E-state index contributed by atoms with van der Waals surface area (Å²) >= 11 is 0. The van der Waals surface area contributed by atoms with Crippen molar-refractivity contribution in [1.29, 1.82) is 0 Å². The van der Waals surface area contributed by atoms with Crippen LogP contribution in [0.15, 0.2) is 36.7 Å². The van der Waals surface area contributed by atoms with Gasteiger partial charge in [-0.3, -0.25) is 14.3 Å². The van der Waals surface area contributed by atoms with Crippen LogP contribution in [-0.4, -0.2) is 32.4 Å². The summed E-state index contributed by atoms with van der Waals surface area (Å²) in [5.74, 6) is -0.0157. The SMILES string of the molecule is Cc1nc2ccccc2c(C)c1CC(=O)N(C)Cc1nccn1C(F)F. The highest BCUT2D eigenvalue weighted by atomic mass is 19.3. The third-order valence-electron chi connectivity index (χ3n) is 4.58. The molecule has 0 bridgehead atoms. The van der Waals surface area contributed by atoms with E-state index in [1.807, 2.05) is 38.1 Å². The number of benzene rings is 1. The molecule has 1 amide bonds. The second-order valence-corrected chi connectivity index (χ2v) is 6.27. The number of rotatable bonds is 5. The Labute approximate surface area is 150 Å². The average Bonchev–Trinajstić information content (AvgIpc) is 3.06. The number of aromatic nitrogens is 3. The number of amides is 1. The summed E-state index contributed by atoms with van der Waals surface area (Å²) in [4.78, 5) is 22.5. The number of fused-ring (bicyclic) bond motifs is 1. The molecule has 0 fully saturated rings. The fourth-order valence-corrected chi connectivity index (χ4v) is 3.06. The molecular formula is C19H20F2N4O. The van der Waals surface area contributed by atoms with Crippen LogP contribution in [0.4, 0.5) is 8.78 Å². The van der Waals surface area contributed by atoms with E-state index in [0.29, 0.717) is 0 Å². The largest absolute Gasteiger partial charge is 0.338 e. The Morgan fingerprint density at radius 3 is 2.73 bits per heavy atom. The number of carbonyl (C=O) groups excluding carboxylic acids is 1. The van der Waals surface area contributed by atoms with E-state index in [1.54, 1.807) is 7.05 Å². The Bertz CT molecular complexity index is 952. The monoisotopic (exact) mass is 358 g/mol. The van der Waals surface area contributed by atoms with Crippen LogP contribution in [0.5, 0.6) is 0 Å². The molecule has 0 radical (unpaired) electrons. The van der Waals surface area contributed by atoms with Gasteiger partial charge in [-0.05, 0) is 31.0 Å². The Morgan fingerprint density at radius 2 is 2.00 bits per heavy atom. The van der Waals surface area contributed by atoms with Gasteiger partial charge in [0.25, 0.3) is 0 Å². The fourth-order valence-electron chi connectivity index (χ4n) is 3.06. The summed E-state index contributed by atoms with van der Waals surface area (Å²) in [7, 11) is 1.59. The zero-order chi connectivity index (χ0) is 18.8. The first kappa shape index (κ1) is 18.0. The molecule has 5 nitrogen and oxygen atoms in total. The third kappa shape index (κ3) is 3.42. The molecule has 0 aliphatic heterocycles. The van der Waals surface area contributed by atoms with Gasteiger partial charge in [-0.1, -0.05) is 18.2 Å². The minimum atomic E-state index is -2.68. The van der Waals surface area contributed by atoms with Gasteiger partial charge in [0.1, 0.15) is 5.82 Å². The molecule has 3 rings (SSSR count). The van der Waals surface area contributed by atoms with E-state index in [4.69, 9.17) is 0 Å². The Balaban J connectivity index is 1.81. The molecule has 7 heteroatoms. The third-order valence-corrected chi connectivity index (χ3v) is 4.58. The van der Waals surface area contributed by atoms with Crippen LogP contribution in [0.25, 0.3) is 10.9 Å². The smallest absolute Gasteiger partial charge is 0.319 e. The molecule has 0 aliphatic rings. The molecule has 0 spiro atoms. The molecule has 0 N–H and O–H groups in total. The van der Waals surface area contributed by atoms with Gasteiger partial charge in [0.15, 0.2) is 0 Å². The number of carbonyl (C=O) groups is 1. The average molecular weight is 358 g/mol. The molecule has 2 heterocycles. The number of nitrogens with zero attached hydrogens (tertiary/aromatic N) is 4. The minimum absolute atomic E-state index is 0.0231. The van der Waals surface area contributed by atoms with Gasteiger partial charge in [-0.15, -0.1) is 0 Å². The van der Waals surface area contributed by atoms with Crippen molar-refractivity contribution in [3.8, 4) is 0 Å². The Morgan fingerprint density at radius 1 is 1.27 bits per heavy atom. The van der Waals surface area contributed by atoms with Crippen molar-refractivity contribution in [1.82, 2.24) is 19.4 Å². The lowest BCUT2D eigenvalue weighted by Gasteiger charge is -2.19. The number of hydrogen-bond acceptors (Lipinski definition) is 3. The van der Waals surface area contributed by atoms with Crippen LogP contribution < -0.4 is 0 Å². The highest BCUT2D eigenvalue weighted by Crippen LogP contribution is 2.23. The van der Waals surface area contributed by atoms with Gasteiger partial charge >= 0.3 is 6.55 Å². The van der Waals surface area contributed by atoms with Crippen molar-refractivity contribution >= 4 is 16.8 Å². The van der Waals surface area contributed by atoms with Gasteiger partial charge < -0.3 is 4.90 Å². The van der Waals surface area contributed by atoms with Gasteiger partial charge in [0, 0.05) is 30.5 Å². The number of likely N-dealkylation sites (N-methyl/N-ethyl adjacent to an activating group) is 1. The molecule has 0 aliphatic carbocycles. The molecule has 136 valence electrons. The molecule has 3 aromatic rings. The predicted octanol–water partition coefficient (Wildman–Crippen LogP) is 3.64. The fraction of sp³-hybridized carbons (Fsp3) is 0.316. The predicted molar refractivity (Wildman–Crippen MR) is 94.9 cm³/mol. The van der Waals surface area contributed by atoms with E-state index in [9.17, 15) is 13.6 Å². The second kappa shape index (κ2) is 7.19. The molecule has 0 atom stereocenters. The summed E-state index contributed by atoms with van der Waals surface area (Å²) in [6.45, 7) is 1.20. The molecule has 0 saturated carbocycles. The summed E-state index contributed by atoms with van der Waals surface area (Å²) in [5.41, 5.74) is 3.59. The maximum atomic E-state index is 12.9. The van der Waals surface area contributed by atoms with E-state index < -0.39 is 6.55 Å². The lowest BCUT2D eigenvalue weighted by atomic mass is 9.99. The van der Waals surface area contributed by atoms with Crippen LogP contribution >= 0.6 is 0 Å². The lowest BCUT2D eigenvalue weighted by Crippen LogP contribution is -2.29. The molecule has 2 aromatic heterocycles. The minimum Gasteiger partial charge on any atom is -0.338 e. The maximum absolute atomic E-state index is 12.9. The summed E-state index contributed by atoms with van der Waals surface area (Å²) in [6, 6.07) is 7.79. The maximum Gasteiger partial charge on any atom is 0.319 e. The number of alkyl halides is 2. The first-order valence-corrected chi connectivity index (χ1v) is 8.27. The normalized spacial score (nSPS) is 11.3. The van der Waals surface area contributed by atoms with E-state index >= 15 is 0 Å². The van der Waals surface area contributed by atoms with Crippen LogP contribution in [0.1, 0.15) is 29.2 Å². The number of halogens is 2. The zero-order valence-corrected chi connectivity index (χ0v) is 14.9. The number of para-hydroxylation sites is 1. The summed E-state index contributed by atoms with van der Waals surface area (Å²) in [5, 5.41) is 1.01. The molecule has 0 unspecified atom stereocenters. The topological polar surface area (TPSA) is 51.0 Å². The van der Waals surface area contributed by atoms with Crippen LogP contribution in [0, 0.1) is 13.8 Å². The van der Waals surface area contributed by atoms with Gasteiger partial charge in [0.2, 0.25) is 5.91 Å². The Kier molecular flexibility index (Phi) is 4.97. The molecule has 0 saturated heterocycles. The summed E-state index contributed by atoms with van der Waals surface area (Å²) < 4.78 is 26.6. The van der Waals surface area contributed by atoms with E-state index in [-0.39, 0.29) is 24.7 Å². The molecule has 1 aromatic carbocycles. The van der Waals surface area contributed by atoms with Crippen LogP contribution in [0.2, 0.25) is 0 Å². The van der Waals surface area contributed by atoms with Crippen molar-refractivity contribution in [2.24, 2.45) is 0 Å². The van der Waals surface area contributed by atoms with Crippen LogP contribution in [-0.2, 0) is 17.8 Å². The number of aryl methyl sites for hydroxylation is 2. The highest BCUT2D eigenvalue weighted by molar-refractivity contribution is 5.86. The van der Waals surface area contributed by atoms with E-state index in [0.717, 1.165) is 32.3 Å². The van der Waals surface area contributed by atoms with Crippen molar-refractivity contribution in [3.63, 3.8) is 0 Å². The summed E-state index contributed by atoms with van der Waals surface area (Å²) in [6.07, 6.45) is 2.68. The second-order valence-electron chi connectivity index (χ2n) is 6.27. The van der Waals surface area contributed by atoms with Gasteiger partial charge in [0.05, 0.1) is 18.5 Å². The molecule has 26 heavy (non-hydrogen) atoms. The first-order valence-electron chi connectivity index (χ1n) is 8.27. The standard InChI is InChI=1S/C19H20F2N4O/c1-12-14-6-4-5-7-16(14)23-13(2)15(12)10-18(26)24(3)11-17-22-8-9-25(17)19(20)21/h4-9,19H,10-11H2,1-3H3. The van der Waals surface area contributed by atoms with E-state index in [2.05, 4.69) is 9.97 Å². The van der Waals surface area contributed by atoms with Gasteiger partial charge in [-0.2, -0.15) is 8.78 Å².